The molecule has 10 rings (SSSR count). The lowest BCUT2D eigenvalue weighted by molar-refractivity contribution is 0.651. The highest BCUT2D eigenvalue weighted by Crippen LogP contribution is 2.53. The Morgan fingerprint density at radius 3 is 2.21 bits per heavy atom. The van der Waals surface area contributed by atoms with Gasteiger partial charge >= 0.3 is 0 Å². The Balaban J connectivity index is 1.31. The maximum Gasteiger partial charge on any atom is 0.0850 e. The van der Waals surface area contributed by atoms with Crippen molar-refractivity contribution in [2.45, 2.75) is 39.0 Å². The molecule has 0 fully saturated rings. The van der Waals surface area contributed by atoms with E-state index in [4.69, 9.17) is 6.42 Å². The highest BCUT2D eigenvalue weighted by molar-refractivity contribution is 7.20. The van der Waals surface area contributed by atoms with Crippen molar-refractivity contribution >= 4 is 65.4 Å². The van der Waals surface area contributed by atoms with Gasteiger partial charge in [-0.15, -0.1) is 17.8 Å². The highest BCUT2D eigenvalue weighted by Gasteiger charge is 2.37. The molecule has 0 spiro atoms. The lowest BCUT2D eigenvalue weighted by Gasteiger charge is -2.24. The van der Waals surface area contributed by atoms with Crippen molar-refractivity contribution in [3.8, 4) is 45.7 Å². The zero-order chi connectivity index (χ0) is 35.8. The maximum atomic E-state index is 6.12. The average Bonchev–Trinajstić information content (AvgIpc) is 3.67. The van der Waals surface area contributed by atoms with Crippen molar-refractivity contribution in [2.75, 3.05) is 0 Å². The third-order valence-corrected chi connectivity index (χ3v) is 12.9. The molecule has 0 bridgehead atoms. The minimum absolute atomic E-state index is 0.000189. The van der Waals surface area contributed by atoms with Crippen LogP contribution in [0.25, 0.3) is 87.4 Å². The van der Waals surface area contributed by atoms with E-state index in [9.17, 15) is 0 Å². The van der Waals surface area contributed by atoms with Gasteiger partial charge in [-0.25, -0.2) is 0 Å². The first kappa shape index (κ1) is 31.8. The van der Waals surface area contributed by atoms with E-state index in [0.717, 1.165) is 23.3 Å². The van der Waals surface area contributed by atoms with Gasteiger partial charge in [0.1, 0.15) is 0 Å². The van der Waals surface area contributed by atoms with Gasteiger partial charge in [-0.05, 0) is 120 Å². The number of hydrogen-bond donors (Lipinski definition) is 0. The zero-order valence-corrected chi connectivity index (χ0v) is 31.1. The summed E-state index contributed by atoms with van der Waals surface area (Å²) in [5.74, 6) is 3.00. The van der Waals surface area contributed by atoms with Crippen LogP contribution in [0.1, 0.15) is 55.2 Å². The number of fused-ring (bicyclic) bond motifs is 6. The molecule has 1 heterocycles. The minimum Gasteiger partial charge on any atom is -0.125 e. The molecule has 7 aromatic carbocycles. The van der Waals surface area contributed by atoms with E-state index in [2.05, 4.69) is 172 Å². The van der Waals surface area contributed by atoms with Gasteiger partial charge in [-0.2, -0.15) is 0 Å². The highest BCUT2D eigenvalue weighted by atomic mass is 32.1. The Labute approximate surface area is 315 Å². The van der Waals surface area contributed by atoms with Crippen LogP contribution < -0.4 is 0 Å². The lowest BCUT2D eigenvalue weighted by Crippen LogP contribution is -2.16. The number of rotatable bonds is 4. The second-order valence-electron chi connectivity index (χ2n) is 15.0. The summed E-state index contributed by atoms with van der Waals surface area (Å²) in [6.07, 6.45) is 17.3. The third-order valence-electron chi connectivity index (χ3n) is 11.7. The van der Waals surface area contributed by atoms with E-state index in [-0.39, 0.29) is 5.41 Å². The molecule has 0 amide bonds. The monoisotopic (exact) mass is 694 g/mol. The molecule has 0 saturated heterocycles. The van der Waals surface area contributed by atoms with Gasteiger partial charge < -0.3 is 0 Å². The Bertz CT molecular complexity index is 2980. The number of thiophene rings is 1. The third kappa shape index (κ3) is 4.76. The van der Waals surface area contributed by atoms with Gasteiger partial charge in [0.05, 0.1) is 4.88 Å². The number of benzene rings is 7. The molecule has 8 aromatic rings. The van der Waals surface area contributed by atoms with Gasteiger partial charge in [0, 0.05) is 26.6 Å². The van der Waals surface area contributed by atoms with Crippen molar-refractivity contribution < 1.29 is 0 Å². The van der Waals surface area contributed by atoms with E-state index in [1.807, 2.05) is 0 Å². The predicted octanol–water partition coefficient (Wildman–Crippen LogP) is 14.8. The molecule has 53 heavy (non-hydrogen) atoms. The van der Waals surface area contributed by atoms with Gasteiger partial charge in [0.25, 0.3) is 0 Å². The summed E-state index contributed by atoms with van der Waals surface area (Å²) in [7, 11) is 0. The molecule has 0 radical (unpaired) electrons. The average molecular weight is 695 g/mol. The van der Waals surface area contributed by atoms with E-state index in [1.165, 1.54) is 98.1 Å². The molecule has 0 aliphatic heterocycles. The molecule has 0 nitrogen and oxygen atoms in total. The molecular weight excluding hydrogens is 657 g/mol. The van der Waals surface area contributed by atoms with Crippen LogP contribution in [0, 0.1) is 12.3 Å². The SMILES string of the molecule is C#Cc1sc2c(-c3c4ccccc4c(-c4ccc5c(c4)C4=C(C=CCC4)C5(C)C)c4cc(-c5ccc6ccccc6c5)ccc34)cccc2c1/C=C\C. The number of terminal acetylenes is 1. The van der Waals surface area contributed by atoms with Crippen molar-refractivity contribution in [1.29, 1.82) is 0 Å². The molecule has 252 valence electrons. The van der Waals surface area contributed by atoms with Crippen LogP contribution in [0.3, 0.4) is 0 Å². The molecule has 0 N–H and O–H groups in total. The molecule has 0 saturated carbocycles. The second-order valence-corrected chi connectivity index (χ2v) is 16.0. The van der Waals surface area contributed by atoms with E-state index < -0.39 is 0 Å². The quantitative estimate of drug-likeness (QED) is 0.127. The van der Waals surface area contributed by atoms with E-state index >= 15 is 0 Å². The smallest absolute Gasteiger partial charge is 0.0850 e. The Morgan fingerprint density at radius 1 is 0.660 bits per heavy atom. The maximum absolute atomic E-state index is 6.12. The Kier molecular flexibility index (Phi) is 7.23. The second kappa shape index (κ2) is 12.1. The predicted molar refractivity (Wildman–Crippen MR) is 232 cm³/mol. The molecule has 1 aromatic heterocycles. The van der Waals surface area contributed by atoms with Crippen molar-refractivity contribution in [1.82, 2.24) is 0 Å². The van der Waals surface area contributed by atoms with Crippen LogP contribution in [0.2, 0.25) is 0 Å². The Morgan fingerprint density at radius 2 is 1.38 bits per heavy atom. The van der Waals surface area contributed by atoms with Gasteiger partial charge in [-0.3, -0.25) is 0 Å². The van der Waals surface area contributed by atoms with Crippen LogP contribution in [-0.2, 0) is 5.41 Å². The standard InChI is InChI=1S/C52H38S/c1-5-14-38-42-20-13-21-43(51(42)53-48(38)6-2)50-40-19-10-9-18-39(40)49(36-26-28-47-44(31-36)37-17-11-12-22-46(37)52(47,3)4)45-30-35(25-27-41(45)50)34-24-23-32-15-7-8-16-33(32)29-34/h2,5,7-10,12-16,18-31H,11,17H2,1,3-4H3/b14-5-. The lowest BCUT2D eigenvalue weighted by atomic mass is 9.79. The van der Waals surface area contributed by atoms with Crippen LogP contribution in [0.4, 0.5) is 0 Å². The summed E-state index contributed by atoms with van der Waals surface area (Å²) >= 11 is 1.73. The molecular formula is C52H38S. The molecule has 2 aliphatic rings. The van der Waals surface area contributed by atoms with Crippen molar-refractivity contribution in [2.24, 2.45) is 0 Å². The van der Waals surface area contributed by atoms with E-state index in [1.54, 1.807) is 11.3 Å². The Hall–Kier alpha value is -5.94. The van der Waals surface area contributed by atoms with E-state index in [0.29, 0.717) is 0 Å². The van der Waals surface area contributed by atoms with Crippen LogP contribution >= 0.6 is 11.3 Å². The summed E-state index contributed by atoms with van der Waals surface area (Å²) in [6, 6.07) is 45.6. The van der Waals surface area contributed by atoms with Crippen LogP contribution in [0.5, 0.6) is 0 Å². The molecule has 0 atom stereocenters. The minimum atomic E-state index is -0.000189. The summed E-state index contributed by atoms with van der Waals surface area (Å²) in [6.45, 7) is 6.83. The van der Waals surface area contributed by atoms with Crippen LogP contribution in [0.15, 0.2) is 145 Å². The molecule has 0 unspecified atom stereocenters. The first-order valence-electron chi connectivity index (χ1n) is 18.6. The zero-order valence-electron chi connectivity index (χ0n) is 30.3. The number of allylic oxidation sites excluding steroid dienone is 5. The molecule has 2 aliphatic carbocycles. The van der Waals surface area contributed by atoms with Gasteiger partial charge in [-0.1, -0.05) is 147 Å². The first-order valence-corrected chi connectivity index (χ1v) is 19.5. The summed E-state index contributed by atoms with van der Waals surface area (Å²) in [5.41, 5.74) is 14.5. The fourth-order valence-electron chi connectivity index (χ4n) is 9.27. The first-order chi connectivity index (χ1) is 26.0. The van der Waals surface area contributed by atoms with Crippen LogP contribution in [-0.4, -0.2) is 0 Å². The topological polar surface area (TPSA) is 0 Å². The largest absolute Gasteiger partial charge is 0.125 e. The summed E-state index contributed by atoms with van der Waals surface area (Å²) in [4.78, 5) is 0.974. The summed E-state index contributed by atoms with van der Waals surface area (Å²) in [5, 5.41) is 8.75. The fourth-order valence-corrected chi connectivity index (χ4v) is 10.4. The fraction of sp³-hybridized carbons (Fsp3) is 0.115. The summed E-state index contributed by atoms with van der Waals surface area (Å²) < 4.78 is 1.23. The van der Waals surface area contributed by atoms with Crippen molar-refractivity contribution in [3.05, 3.63) is 167 Å². The van der Waals surface area contributed by atoms with Gasteiger partial charge in [0.15, 0.2) is 0 Å². The van der Waals surface area contributed by atoms with Crippen molar-refractivity contribution in [3.63, 3.8) is 0 Å². The molecule has 1 heteroatoms. The normalized spacial score (nSPS) is 14.8. The number of hydrogen-bond acceptors (Lipinski definition) is 1. The van der Waals surface area contributed by atoms with Gasteiger partial charge in [0.2, 0.25) is 0 Å².